The second kappa shape index (κ2) is 7.63. The number of carbonyl (C=O) groups excluding carboxylic acids is 1. The van der Waals surface area contributed by atoms with Crippen molar-refractivity contribution in [1.29, 1.82) is 0 Å². The number of halogens is 1. The Morgan fingerprint density at radius 3 is 2.60 bits per heavy atom. The molecule has 2 aromatic carbocycles. The van der Waals surface area contributed by atoms with E-state index >= 15 is 0 Å². The summed E-state index contributed by atoms with van der Waals surface area (Å²) in [6.45, 7) is -0.271. The summed E-state index contributed by atoms with van der Waals surface area (Å²) < 4.78 is 19.3. The van der Waals surface area contributed by atoms with Gasteiger partial charge in [0.1, 0.15) is 11.6 Å². The molecule has 0 aliphatic rings. The van der Waals surface area contributed by atoms with Crippen molar-refractivity contribution in [2.45, 2.75) is 6.04 Å². The average molecular weight is 340 g/mol. The van der Waals surface area contributed by atoms with Gasteiger partial charge in [0.25, 0.3) is 0 Å². The van der Waals surface area contributed by atoms with Crippen LogP contribution in [-0.4, -0.2) is 17.7 Å². The van der Waals surface area contributed by atoms with Gasteiger partial charge in [-0.2, -0.15) is 0 Å². The Balaban J connectivity index is 1.73. The fraction of sp³-hybridized carbons (Fsp3) is 0.105. The van der Waals surface area contributed by atoms with Crippen molar-refractivity contribution in [2.24, 2.45) is 0 Å². The lowest BCUT2D eigenvalue weighted by Gasteiger charge is -2.17. The molecule has 0 spiro atoms. The Kier molecular flexibility index (Phi) is 5.11. The summed E-state index contributed by atoms with van der Waals surface area (Å²) in [6, 6.07) is 15.6. The Morgan fingerprint density at radius 1 is 1.12 bits per heavy atom. The van der Waals surface area contributed by atoms with Crippen LogP contribution in [0.3, 0.4) is 0 Å². The van der Waals surface area contributed by atoms with Crippen molar-refractivity contribution in [1.82, 2.24) is 5.32 Å². The second-order valence-electron chi connectivity index (χ2n) is 5.42. The molecule has 6 heteroatoms. The number of hydrogen-bond donors (Lipinski definition) is 3. The molecule has 25 heavy (non-hydrogen) atoms. The maximum atomic E-state index is 14.0. The largest absolute Gasteiger partial charge is 0.464 e. The number of furan rings is 1. The van der Waals surface area contributed by atoms with Gasteiger partial charge in [-0.15, -0.1) is 0 Å². The lowest BCUT2D eigenvalue weighted by atomic mass is 10.1. The summed E-state index contributed by atoms with van der Waals surface area (Å²) in [5.41, 5.74) is 1.42. The molecule has 0 bridgehead atoms. The van der Waals surface area contributed by atoms with Crippen LogP contribution in [0.25, 0.3) is 11.3 Å². The zero-order chi connectivity index (χ0) is 17.6. The molecule has 3 aromatic rings. The predicted octanol–water partition coefficient (Wildman–Crippen LogP) is 3.94. The summed E-state index contributed by atoms with van der Waals surface area (Å²) in [6.07, 6.45) is 1.52. The van der Waals surface area contributed by atoms with Crippen LogP contribution in [0.1, 0.15) is 11.6 Å². The third kappa shape index (κ3) is 4.05. The molecule has 0 unspecified atom stereocenters. The van der Waals surface area contributed by atoms with E-state index < -0.39 is 17.9 Å². The van der Waals surface area contributed by atoms with Crippen LogP contribution in [0.5, 0.6) is 0 Å². The number of rotatable bonds is 5. The van der Waals surface area contributed by atoms with Gasteiger partial charge in [0.2, 0.25) is 0 Å². The lowest BCUT2D eigenvalue weighted by molar-refractivity contribution is 0.225. The highest BCUT2D eigenvalue weighted by atomic mass is 19.1. The van der Waals surface area contributed by atoms with Crippen molar-refractivity contribution in [2.75, 3.05) is 11.9 Å². The number of benzene rings is 2. The second-order valence-corrected chi connectivity index (χ2v) is 5.42. The predicted molar refractivity (Wildman–Crippen MR) is 92.5 cm³/mol. The molecule has 0 saturated heterocycles. The van der Waals surface area contributed by atoms with Crippen LogP contribution < -0.4 is 10.6 Å². The zero-order valence-electron chi connectivity index (χ0n) is 13.3. The van der Waals surface area contributed by atoms with Gasteiger partial charge >= 0.3 is 6.03 Å². The SMILES string of the molecule is O=C(Nc1cc(-c2ccco2)ccc1F)N[C@H](CO)c1ccccc1. The number of aliphatic hydroxyl groups is 1. The summed E-state index contributed by atoms with van der Waals surface area (Å²) in [7, 11) is 0. The van der Waals surface area contributed by atoms with E-state index in [2.05, 4.69) is 10.6 Å². The van der Waals surface area contributed by atoms with Crippen LogP contribution in [0.15, 0.2) is 71.3 Å². The topological polar surface area (TPSA) is 74.5 Å². The van der Waals surface area contributed by atoms with Crippen LogP contribution in [0.2, 0.25) is 0 Å². The highest BCUT2D eigenvalue weighted by Crippen LogP contribution is 2.25. The first-order chi connectivity index (χ1) is 12.2. The van der Waals surface area contributed by atoms with Crippen molar-refractivity contribution in [3.05, 3.63) is 78.3 Å². The Bertz CT molecular complexity index is 835. The molecule has 0 saturated carbocycles. The molecule has 1 heterocycles. The minimum absolute atomic E-state index is 0.0242. The highest BCUT2D eigenvalue weighted by molar-refractivity contribution is 5.90. The van der Waals surface area contributed by atoms with E-state index in [1.54, 1.807) is 30.3 Å². The van der Waals surface area contributed by atoms with Gasteiger partial charge in [-0.1, -0.05) is 30.3 Å². The molecule has 128 valence electrons. The van der Waals surface area contributed by atoms with E-state index in [-0.39, 0.29) is 12.3 Å². The zero-order valence-corrected chi connectivity index (χ0v) is 13.3. The van der Waals surface area contributed by atoms with Gasteiger partial charge in [-0.25, -0.2) is 9.18 Å². The first-order valence-electron chi connectivity index (χ1n) is 7.74. The molecule has 0 fully saturated rings. The molecule has 5 nitrogen and oxygen atoms in total. The molecular weight excluding hydrogens is 323 g/mol. The third-order valence-electron chi connectivity index (χ3n) is 3.71. The minimum Gasteiger partial charge on any atom is -0.464 e. The van der Waals surface area contributed by atoms with Gasteiger partial charge in [-0.05, 0) is 35.9 Å². The molecule has 3 N–H and O–H groups in total. The molecule has 2 amide bonds. The number of hydrogen-bond acceptors (Lipinski definition) is 3. The molecule has 0 aliphatic carbocycles. The average Bonchev–Trinajstić information content (AvgIpc) is 3.17. The van der Waals surface area contributed by atoms with Crippen LogP contribution in [0.4, 0.5) is 14.9 Å². The van der Waals surface area contributed by atoms with Crippen molar-refractivity contribution in [3.8, 4) is 11.3 Å². The first kappa shape index (κ1) is 16.7. The van der Waals surface area contributed by atoms with Crippen molar-refractivity contribution < 1.29 is 18.7 Å². The van der Waals surface area contributed by atoms with Crippen LogP contribution >= 0.6 is 0 Å². The molecule has 1 atom stereocenters. The Hall–Kier alpha value is -3.12. The molecule has 3 rings (SSSR count). The van der Waals surface area contributed by atoms with E-state index in [0.717, 1.165) is 5.56 Å². The van der Waals surface area contributed by atoms with Crippen LogP contribution in [-0.2, 0) is 0 Å². The van der Waals surface area contributed by atoms with Crippen molar-refractivity contribution in [3.63, 3.8) is 0 Å². The summed E-state index contributed by atoms with van der Waals surface area (Å²) in [4.78, 5) is 12.2. The maximum Gasteiger partial charge on any atom is 0.319 e. The first-order valence-corrected chi connectivity index (χ1v) is 7.74. The fourth-order valence-electron chi connectivity index (χ4n) is 2.45. The van der Waals surface area contributed by atoms with Gasteiger partial charge in [0, 0.05) is 5.56 Å². The van der Waals surface area contributed by atoms with E-state index in [0.29, 0.717) is 11.3 Å². The number of anilines is 1. The monoisotopic (exact) mass is 340 g/mol. The van der Waals surface area contributed by atoms with E-state index in [4.69, 9.17) is 4.42 Å². The Labute approximate surface area is 144 Å². The number of nitrogens with one attached hydrogen (secondary N) is 2. The van der Waals surface area contributed by atoms with Gasteiger partial charge in [0.05, 0.1) is 24.6 Å². The summed E-state index contributed by atoms with van der Waals surface area (Å²) in [5.74, 6) is 0.00620. The standard InChI is InChI=1S/C19H17FN2O3/c20-15-9-8-14(18-7-4-10-25-18)11-16(15)21-19(24)22-17(12-23)13-5-2-1-3-6-13/h1-11,17,23H,12H2,(H2,21,22,24)/t17-/m1/s1. The van der Waals surface area contributed by atoms with Gasteiger partial charge in [-0.3, -0.25) is 0 Å². The van der Waals surface area contributed by atoms with Crippen LogP contribution in [0, 0.1) is 5.82 Å². The minimum atomic E-state index is -0.613. The Morgan fingerprint density at radius 2 is 1.92 bits per heavy atom. The molecule has 0 aliphatic heterocycles. The number of amides is 2. The quantitative estimate of drug-likeness (QED) is 0.658. The normalized spacial score (nSPS) is 11.8. The maximum absolute atomic E-state index is 14.0. The fourth-order valence-corrected chi connectivity index (χ4v) is 2.45. The van der Waals surface area contributed by atoms with E-state index in [9.17, 15) is 14.3 Å². The van der Waals surface area contributed by atoms with Gasteiger partial charge in [0.15, 0.2) is 0 Å². The van der Waals surface area contributed by atoms with Gasteiger partial charge < -0.3 is 20.2 Å². The number of aliphatic hydroxyl groups excluding tert-OH is 1. The van der Waals surface area contributed by atoms with Crippen molar-refractivity contribution >= 4 is 11.7 Å². The highest BCUT2D eigenvalue weighted by Gasteiger charge is 2.15. The van der Waals surface area contributed by atoms with E-state index in [1.807, 2.05) is 18.2 Å². The van der Waals surface area contributed by atoms with E-state index in [1.165, 1.54) is 18.4 Å². The number of urea groups is 1. The summed E-state index contributed by atoms with van der Waals surface area (Å²) >= 11 is 0. The molecular formula is C19H17FN2O3. The smallest absolute Gasteiger partial charge is 0.319 e. The molecule has 1 aromatic heterocycles. The molecule has 0 radical (unpaired) electrons. The summed E-state index contributed by atoms with van der Waals surface area (Å²) in [5, 5.41) is 14.6. The third-order valence-corrected chi connectivity index (χ3v) is 3.71. The number of carbonyl (C=O) groups is 1. The lowest BCUT2D eigenvalue weighted by Crippen LogP contribution is -2.34.